The number of benzene rings is 1. The molecule has 0 aliphatic carbocycles. The Hall–Kier alpha value is -2.20. The molecular weight excluding hydrogens is 286 g/mol. The van der Waals surface area contributed by atoms with E-state index in [2.05, 4.69) is 39.9 Å². The fourth-order valence-electron chi connectivity index (χ4n) is 2.80. The topological polar surface area (TPSA) is 54.0 Å². The molecule has 0 saturated carbocycles. The van der Waals surface area contributed by atoms with E-state index in [4.69, 9.17) is 0 Å². The zero-order chi connectivity index (χ0) is 16.2. The van der Waals surface area contributed by atoms with Crippen LogP contribution in [-0.2, 0) is 4.79 Å². The molecule has 0 bridgehead atoms. The summed E-state index contributed by atoms with van der Waals surface area (Å²) in [5.41, 5.74) is 3.35. The van der Waals surface area contributed by atoms with Gasteiger partial charge in [0.1, 0.15) is 0 Å². The van der Waals surface area contributed by atoms with E-state index in [1.165, 1.54) is 0 Å². The maximum Gasteiger partial charge on any atom is 0.223 e. The Morgan fingerprint density at radius 2 is 1.91 bits per heavy atom. The first-order chi connectivity index (χ1) is 11.1. The fraction of sp³-hybridized carbons (Fsp3) is 0.368. The van der Waals surface area contributed by atoms with E-state index in [9.17, 15) is 4.79 Å². The molecule has 1 aliphatic heterocycles. The van der Waals surface area contributed by atoms with Crippen molar-refractivity contribution >= 4 is 5.91 Å². The SMILES string of the molecule is CC(NC(=O)C(C)C1CNC1)c1ccc(-c2cccnc2)cc1. The molecule has 1 aromatic carbocycles. The van der Waals surface area contributed by atoms with Gasteiger partial charge in [0.25, 0.3) is 0 Å². The van der Waals surface area contributed by atoms with Crippen LogP contribution in [0, 0.1) is 11.8 Å². The molecule has 2 aromatic rings. The standard InChI is InChI=1S/C19H23N3O/c1-13(18-11-21-12-18)19(23)22-14(2)15-5-7-16(8-6-15)17-4-3-9-20-10-17/h3-10,13-14,18,21H,11-12H2,1-2H3,(H,22,23). The van der Waals surface area contributed by atoms with Gasteiger partial charge in [-0.3, -0.25) is 9.78 Å². The van der Waals surface area contributed by atoms with Crippen LogP contribution in [0.15, 0.2) is 48.8 Å². The summed E-state index contributed by atoms with van der Waals surface area (Å²) in [6, 6.07) is 12.3. The molecule has 2 heterocycles. The normalized spacial score (nSPS) is 17.1. The predicted octanol–water partition coefficient (Wildman–Crippen LogP) is 2.78. The third-order valence-electron chi connectivity index (χ3n) is 4.70. The number of nitrogens with one attached hydrogen (secondary N) is 2. The molecule has 23 heavy (non-hydrogen) atoms. The maximum absolute atomic E-state index is 12.3. The van der Waals surface area contributed by atoms with Gasteiger partial charge in [-0.1, -0.05) is 37.3 Å². The van der Waals surface area contributed by atoms with Crippen molar-refractivity contribution < 1.29 is 4.79 Å². The minimum atomic E-state index is 0.0148. The Morgan fingerprint density at radius 3 is 2.48 bits per heavy atom. The molecule has 1 aliphatic rings. The number of pyridine rings is 1. The molecule has 2 unspecified atom stereocenters. The van der Waals surface area contributed by atoms with Gasteiger partial charge in [-0.25, -0.2) is 0 Å². The van der Waals surface area contributed by atoms with Crippen LogP contribution in [0.4, 0.5) is 0 Å². The van der Waals surface area contributed by atoms with Crippen molar-refractivity contribution in [2.24, 2.45) is 11.8 Å². The van der Waals surface area contributed by atoms with Gasteiger partial charge in [-0.05, 0) is 48.7 Å². The second kappa shape index (κ2) is 6.92. The maximum atomic E-state index is 12.3. The molecule has 4 heteroatoms. The van der Waals surface area contributed by atoms with Crippen LogP contribution >= 0.6 is 0 Å². The smallest absolute Gasteiger partial charge is 0.223 e. The van der Waals surface area contributed by atoms with Crippen LogP contribution in [0.25, 0.3) is 11.1 Å². The van der Waals surface area contributed by atoms with Crippen molar-refractivity contribution in [2.75, 3.05) is 13.1 Å². The quantitative estimate of drug-likeness (QED) is 0.893. The van der Waals surface area contributed by atoms with Gasteiger partial charge in [0.15, 0.2) is 0 Å². The largest absolute Gasteiger partial charge is 0.349 e. The number of aromatic nitrogens is 1. The predicted molar refractivity (Wildman–Crippen MR) is 91.8 cm³/mol. The Labute approximate surface area is 137 Å². The van der Waals surface area contributed by atoms with Crippen LogP contribution in [0.1, 0.15) is 25.5 Å². The van der Waals surface area contributed by atoms with Gasteiger partial charge in [0, 0.05) is 18.3 Å². The number of carbonyl (C=O) groups excluding carboxylic acids is 1. The van der Waals surface area contributed by atoms with Gasteiger partial charge in [-0.15, -0.1) is 0 Å². The second-order valence-corrected chi connectivity index (χ2v) is 6.30. The summed E-state index contributed by atoms with van der Waals surface area (Å²) >= 11 is 0. The molecular formula is C19H23N3O. The highest BCUT2D eigenvalue weighted by atomic mass is 16.1. The van der Waals surface area contributed by atoms with Gasteiger partial charge in [0.05, 0.1) is 6.04 Å². The molecule has 0 radical (unpaired) electrons. The van der Waals surface area contributed by atoms with Crippen molar-refractivity contribution in [1.82, 2.24) is 15.6 Å². The van der Waals surface area contributed by atoms with E-state index < -0.39 is 0 Å². The lowest BCUT2D eigenvalue weighted by Crippen LogP contribution is -2.49. The number of hydrogen-bond donors (Lipinski definition) is 2. The van der Waals surface area contributed by atoms with E-state index in [0.717, 1.165) is 29.8 Å². The summed E-state index contributed by atoms with van der Waals surface area (Å²) in [5.74, 6) is 0.670. The van der Waals surface area contributed by atoms with Gasteiger partial charge in [0.2, 0.25) is 5.91 Å². The first-order valence-electron chi connectivity index (χ1n) is 8.16. The van der Waals surface area contributed by atoms with Crippen molar-refractivity contribution in [3.05, 3.63) is 54.4 Å². The van der Waals surface area contributed by atoms with Crippen molar-refractivity contribution in [1.29, 1.82) is 0 Å². The molecule has 1 fully saturated rings. The molecule has 3 rings (SSSR count). The number of amides is 1. The molecule has 4 nitrogen and oxygen atoms in total. The second-order valence-electron chi connectivity index (χ2n) is 6.30. The Morgan fingerprint density at radius 1 is 1.17 bits per heavy atom. The third kappa shape index (κ3) is 3.59. The van der Waals surface area contributed by atoms with Gasteiger partial charge < -0.3 is 10.6 Å². The first-order valence-corrected chi connectivity index (χ1v) is 8.16. The van der Waals surface area contributed by atoms with Crippen LogP contribution in [0.3, 0.4) is 0 Å². The Balaban J connectivity index is 1.63. The van der Waals surface area contributed by atoms with Crippen LogP contribution < -0.4 is 10.6 Å². The van der Waals surface area contributed by atoms with E-state index >= 15 is 0 Å². The average Bonchev–Trinajstić information content (AvgIpc) is 2.54. The molecule has 2 N–H and O–H groups in total. The van der Waals surface area contributed by atoms with Crippen LogP contribution in [-0.4, -0.2) is 24.0 Å². The minimum absolute atomic E-state index is 0.0148. The summed E-state index contributed by atoms with van der Waals surface area (Å²) in [7, 11) is 0. The van der Waals surface area contributed by atoms with E-state index in [0.29, 0.717) is 5.92 Å². The van der Waals surface area contributed by atoms with Crippen LogP contribution in [0.5, 0.6) is 0 Å². The molecule has 120 valence electrons. The van der Waals surface area contributed by atoms with E-state index in [1.807, 2.05) is 32.2 Å². The average molecular weight is 309 g/mol. The van der Waals surface area contributed by atoms with Gasteiger partial charge >= 0.3 is 0 Å². The van der Waals surface area contributed by atoms with E-state index in [1.54, 1.807) is 6.20 Å². The molecule has 1 aromatic heterocycles. The number of nitrogens with zero attached hydrogens (tertiary/aromatic N) is 1. The summed E-state index contributed by atoms with van der Waals surface area (Å²) in [4.78, 5) is 16.4. The minimum Gasteiger partial charge on any atom is -0.349 e. The van der Waals surface area contributed by atoms with E-state index in [-0.39, 0.29) is 17.9 Å². The highest BCUT2D eigenvalue weighted by molar-refractivity contribution is 5.79. The Bertz CT molecular complexity index is 650. The highest BCUT2D eigenvalue weighted by Crippen LogP contribution is 2.22. The lowest BCUT2D eigenvalue weighted by Gasteiger charge is -2.32. The number of carbonyl (C=O) groups is 1. The Kier molecular flexibility index (Phi) is 4.72. The third-order valence-corrected chi connectivity index (χ3v) is 4.70. The monoisotopic (exact) mass is 309 g/mol. The summed E-state index contributed by atoms with van der Waals surface area (Å²) in [6.07, 6.45) is 3.63. The lowest BCUT2D eigenvalue weighted by atomic mass is 9.88. The fourth-order valence-corrected chi connectivity index (χ4v) is 2.80. The van der Waals surface area contributed by atoms with Gasteiger partial charge in [-0.2, -0.15) is 0 Å². The first kappa shape index (κ1) is 15.7. The number of hydrogen-bond acceptors (Lipinski definition) is 3. The van der Waals surface area contributed by atoms with Crippen molar-refractivity contribution in [2.45, 2.75) is 19.9 Å². The lowest BCUT2D eigenvalue weighted by molar-refractivity contribution is -0.127. The summed E-state index contributed by atoms with van der Waals surface area (Å²) in [6.45, 7) is 5.94. The zero-order valence-electron chi connectivity index (χ0n) is 13.6. The summed E-state index contributed by atoms with van der Waals surface area (Å²) in [5, 5.41) is 6.34. The molecule has 2 atom stereocenters. The molecule has 1 amide bonds. The van der Waals surface area contributed by atoms with Crippen LogP contribution in [0.2, 0.25) is 0 Å². The van der Waals surface area contributed by atoms with Crippen molar-refractivity contribution in [3.63, 3.8) is 0 Å². The summed E-state index contributed by atoms with van der Waals surface area (Å²) < 4.78 is 0. The zero-order valence-corrected chi connectivity index (χ0v) is 13.6. The van der Waals surface area contributed by atoms with Crippen molar-refractivity contribution in [3.8, 4) is 11.1 Å². The number of rotatable bonds is 5. The highest BCUT2D eigenvalue weighted by Gasteiger charge is 2.29. The molecule has 0 spiro atoms. The molecule has 1 saturated heterocycles.